The number of carbonyl (C=O) groups is 1. The van der Waals surface area contributed by atoms with E-state index in [9.17, 15) is 4.79 Å². The van der Waals surface area contributed by atoms with Crippen molar-refractivity contribution in [3.63, 3.8) is 0 Å². The van der Waals surface area contributed by atoms with Gasteiger partial charge in [-0.25, -0.2) is 4.98 Å². The third-order valence-corrected chi connectivity index (χ3v) is 6.08. The normalized spacial score (nSPS) is 14.8. The highest BCUT2D eigenvalue weighted by molar-refractivity contribution is 7.14. The van der Waals surface area contributed by atoms with Gasteiger partial charge in [0.25, 0.3) is 5.91 Å². The molecule has 4 rings (SSSR count). The fourth-order valence-electron chi connectivity index (χ4n) is 3.35. The van der Waals surface area contributed by atoms with Crippen molar-refractivity contribution in [2.45, 2.75) is 6.54 Å². The molecule has 1 amide bonds. The number of anilines is 1. The molecule has 8 heteroatoms. The quantitative estimate of drug-likeness (QED) is 0.670. The van der Waals surface area contributed by atoms with Crippen LogP contribution in [0.3, 0.4) is 0 Å². The Labute approximate surface area is 179 Å². The average molecular weight is 428 g/mol. The number of hydrogen-bond donors (Lipinski definition) is 1. The van der Waals surface area contributed by atoms with Crippen LogP contribution in [-0.4, -0.2) is 58.9 Å². The summed E-state index contributed by atoms with van der Waals surface area (Å²) in [6.45, 7) is 4.00. The monoisotopic (exact) mass is 427 g/mol. The predicted octanol–water partition coefficient (Wildman–Crippen LogP) is 3.86. The van der Waals surface area contributed by atoms with E-state index in [-0.39, 0.29) is 5.91 Å². The molecule has 6 nitrogen and oxygen atoms in total. The predicted molar refractivity (Wildman–Crippen MR) is 118 cm³/mol. The summed E-state index contributed by atoms with van der Waals surface area (Å²) in [6.07, 6.45) is 1.68. The highest BCUT2D eigenvalue weighted by Gasteiger charge is 2.22. The summed E-state index contributed by atoms with van der Waals surface area (Å²) in [6, 6.07) is 11.5. The van der Waals surface area contributed by atoms with E-state index in [0.29, 0.717) is 18.7 Å². The van der Waals surface area contributed by atoms with Crippen LogP contribution in [0.4, 0.5) is 5.13 Å². The molecular weight excluding hydrogens is 406 g/mol. The first kappa shape index (κ1) is 19.8. The molecule has 29 heavy (non-hydrogen) atoms. The Morgan fingerprint density at radius 1 is 1.14 bits per heavy atom. The van der Waals surface area contributed by atoms with Gasteiger partial charge in [0.1, 0.15) is 5.69 Å². The van der Waals surface area contributed by atoms with Crippen LogP contribution >= 0.6 is 22.9 Å². The Kier molecular flexibility index (Phi) is 6.08. The van der Waals surface area contributed by atoms with Crippen molar-refractivity contribution in [1.29, 1.82) is 0 Å². The van der Waals surface area contributed by atoms with Crippen molar-refractivity contribution in [2.24, 2.45) is 0 Å². The fraction of sp³-hybridized carbons (Fsp3) is 0.286. The molecule has 3 heterocycles. The van der Waals surface area contributed by atoms with Crippen LogP contribution in [-0.2, 0) is 6.54 Å². The van der Waals surface area contributed by atoms with Gasteiger partial charge in [-0.15, -0.1) is 11.3 Å². The van der Waals surface area contributed by atoms with Gasteiger partial charge < -0.3 is 10.2 Å². The standard InChI is InChI=1S/C21H22ClN5OS/c1-23-21-25-19(14-29-21)18-12-16(6-7-24-18)20(28)27-10-8-26(9-11-27)13-15-2-4-17(22)5-3-15/h2-7,12,14H,8-11,13H2,1H3,(H,23,25). The Balaban J connectivity index is 1.38. The minimum absolute atomic E-state index is 0.0452. The molecule has 0 saturated carbocycles. The number of rotatable bonds is 5. The third-order valence-electron chi connectivity index (χ3n) is 4.97. The molecule has 0 unspecified atom stereocenters. The van der Waals surface area contributed by atoms with E-state index in [1.165, 1.54) is 16.9 Å². The van der Waals surface area contributed by atoms with Crippen LogP contribution in [0, 0.1) is 0 Å². The summed E-state index contributed by atoms with van der Waals surface area (Å²) in [5, 5.41) is 6.55. The first-order chi connectivity index (χ1) is 14.1. The van der Waals surface area contributed by atoms with E-state index in [0.717, 1.165) is 41.2 Å². The number of halogens is 1. The van der Waals surface area contributed by atoms with Crippen LogP contribution in [0.5, 0.6) is 0 Å². The lowest BCUT2D eigenvalue weighted by Gasteiger charge is -2.34. The number of nitrogens with one attached hydrogen (secondary N) is 1. The van der Waals surface area contributed by atoms with Gasteiger partial charge in [-0.3, -0.25) is 14.7 Å². The number of thiazole rings is 1. The molecule has 0 radical (unpaired) electrons. The maximum absolute atomic E-state index is 13.0. The van der Waals surface area contributed by atoms with Gasteiger partial charge in [-0.1, -0.05) is 23.7 Å². The SMILES string of the molecule is CNc1nc(-c2cc(C(=O)N3CCN(Cc4ccc(Cl)cc4)CC3)ccn2)cs1. The molecule has 0 aliphatic carbocycles. The van der Waals surface area contributed by atoms with Gasteiger partial charge in [0.05, 0.1) is 5.69 Å². The van der Waals surface area contributed by atoms with E-state index >= 15 is 0 Å². The van der Waals surface area contributed by atoms with Gasteiger partial charge >= 0.3 is 0 Å². The molecule has 0 bridgehead atoms. The summed E-state index contributed by atoms with van der Waals surface area (Å²) in [4.78, 5) is 26.1. The van der Waals surface area contributed by atoms with Gasteiger partial charge in [0.2, 0.25) is 0 Å². The second-order valence-corrected chi connectivity index (χ2v) is 8.21. The summed E-state index contributed by atoms with van der Waals surface area (Å²) in [5.41, 5.74) is 3.38. The van der Waals surface area contributed by atoms with Crippen molar-refractivity contribution in [3.05, 3.63) is 64.1 Å². The van der Waals surface area contributed by atoms with Gasteiger partial charge in [-0.2, -0.15) is 0 Å². The van der Waals surface area contributed by atoms with Gasteiger partial charge in [-0.05, 0) is 29.8 Å². The summed E-state index contributed by atoms with van der Waals surface area (Å²) < 4.78 is 0. The van der Waals surface area contributed by atoms with Crippen LogP contribution in [0.2, 0.25) is 5.02 Å². The molecule has 1 aliphatic rings. The fourth-order valence-corrected chi connectivity index (χ4v) is 4.14. The minimum atomic E-state index is 0.0452. The maximum Gasteiger partial charge on any atom is 0.254 e. The average Bonchev–Trinajstić information content (AvgIpc) is 3.25. The first-order valence-corrected chi connectivity index (χ1v) is 10.7. The largest absolute Gasteiger partial charge is 0.365 e. The second-order valence-electron chi connectivity index (χ2n) is 6.91. The Morgan fingerprint density at radius 3 is 2.59 bits per heavy atom. The Hall–Kier alpha value is -2.48. The lowest BCUT2D eigenvalue weighted by molar-refractivity contribution is 0.0628. The highest BCUT2D eigenvalue weighted by atomic mass is 35.5. The van der Waals surface area contributed by atoms with Crippen LogP contribution < -0.4 is 5.32 Å². The van der Waals surface area contributed by atoms with E-state index in [2.05, 4.69) is 32.3 Å². The number of nitrogens with zero attached hydrogens (tertiary/aromatic N) is 4. The second kappa shape index (κ2) is 8.90. The van der Waals surface area contributed by atoms with Gasteiger partial charge in [0, 0.05) is 61.9 Å². The highest BCUT2D eigenvalue weighted by Crippen LogP contribution is 2.24. The number of aromatic nitrogens is 2. The zero-order valence-electron chi connectivity index (χ0n) is 16.1. The van der Waals surface area contributed by atoms with Crippen LogP contribution in [0.1, 0.15) is 15.9 Å². The molecule has 150 valence electrons. The molecule has 1 N–H and O–H groups in total. The van der Waals surface area contributed by atoms with Crippen LogP contribution in [0.25, 0.3) is 11.4 Å². The molecule has 1 fully saturated rings. The van der Waals surface area contributed by atoms with Crippen molar-refractivity contribution >= 4 is 34.0 Å². The molecule has 0 atom stereocenters. The zero-order chi connectivity index (χ0) is 20.2. The smallest absolute Gasteiger partial charge is 0.254 e. The van der Waals surface area contributed by atoms with E-state index in [4.69, 9.17) is 11.6 Å². The lowest BCUT2D eigenvalue weighted by Crippen LogP contribution is -2.48. The van der Waals surface area contributed by atoms with Gasteiger partial charge in [0.15, 0.2) is 5.13 Å². The number of benzene rings is 1. The Bertz CT molecular complexity index is 983. The lowest BCUT2D eigenvalue weighted by atomic mass is 10.1. The maximum atomic E-state index is 13.0. The molecule has 1 aliphatic heterocycles. The molecule has 2 aromatic heterocycles. The van der Waals surface area contributed by atoms with E-state index < -0.39 is 0 Å². The Morgan fingerprint density at radius 2 is 1.90 bits per heavy atom. The van der Waals surface area contributed by atoms with Crippen molar-refractivity contribution in [3.8, 4) is 11.4 Å². The zero-order valence-corrected chi connectivity index (χ0v) is 17.7. The third kappa shape index (κ3) is 4.75. The van der Waals surface area contributed by atoms with Crippen molar-refractivity contribution < 1.29 is 4.79 Å². The summed E-state index contributed by atoms with van der Waals surface area (Å²) in [7, 11) is 1.84. The number of pyridine rings is 1. The number of carbonyl (C=O) groups excluding carboxylic acids is 1. The summed E-state index contributed by atoms with van der Waals surface area (Å²) >= 11 is 7.47. The number of hydrogen-bond acceptors (Lipinski definition) is 6. The van der Waals surface area contributed by atoms with Crippen molar-refractivity contribution in [1.82, 2.24) is 19.8 Å². The van der Waals surface area contributed by atoms with E-state index in [1.54, 1.807) is 12.3 Å². The molecule has 1 saturated heterocycles. The minimum Gasteiger partial charge on any atom is -0.365 e. The van der Waals surface area contributed by atoms with Crippen molar-refractivity contribution in [2.75, 3.05) is 38.5 Å². The summed E-state index contributed by atoms with van der Waals surface area (Å²) in [5.74, 6) is 0.0452. The molecular formula is C21H22ClN5OS. The number of amides is 1. The molecule has 0 spiro atoms. The molecule has 3 aromatic rings. The van der Waals surface area contributed by atoms with E-state index in [1.807, 2.05) is 35.5 Å². The number of piperazine rings is 1. The topological polar surface area (TPSA) is 61.4 Å². The van der Waals surface area contributed by atoms with Crippen LogP contribution in [0.15, 0.2) is 48.0 Å². The molecule has 1 aromatic carbocycles. The first-order valence-electron chi connectivity index (χ1n) is 9.48.